The first kappa shape index (κ1) is 29.9. The molecule has 3 nitrogen and oxygen atoms in total. The highest BCUT2D eigenvalue weighted by Crippen LogP contribution is 2.34. The molecule has 40 heavy (non-hydrogen) atoms. The van der Waals surface area contributed by atoms with E-state index >= 15 is 0 Å². The van der Waals surface area contributed by atoms with Crippen LogP contribution in [0, 0.1) is 13.8 Å². The van der Waals surface area contributed by atoms with Crippen LogP contribution >= 0.6 is 0 Å². The summed E-state index contributed by atoms with van der Waals surface area (Å²) in [5.41, 5.74) is 8.91. The van der Waals surface area contributed by atoms with Gasteiger partial charge in [-0.15, -0.1) is 0 Å². The third-order valence-corrected chi connectivity index (χ3v) is 6.06. The van der Waals surface area contributed by atoms with Crippen molar-refractivity contribution in [3.63, 3.8) is 0 Å². The molecule has 5 rings (SSSR count). The van der Waals surface area contributed by atoms with Crippen molar-refractivity contribution >= 4 is 34.7 Å². The van der Waals surface area contributed by atoms with E-state index in [1.165, 1.54) is 11.1 Å². The van der Waals surface area contributed by atoms with Crippen molar-refractivity contribution in [1.82, 2.24) is 0 Å². The Kier molecular flexibility index (Phi) is 11.7. The van der Waals surface area contributed by atoms with Gasteiger partial charge >= 0.3 is 0 Å². The molecule has 0 fully saturated rings. The molecule has 204 valence electrons. The second kappa shape index (κ2) is 15.7. The molecule has 0 heterocycles. The van der Waals surface area contributed by atoms with Crippen LogP contribution < -0.4 is 9.91 Å². The standard InChI is InChI=1S/C33H29N3.2C2H6/c1-26-13-19-29(20-14-26)35(30-21-15-27(2)16-22-30)31-23-17-28(18-24-31)25-34-36(32-9-5-3-6-10-32)33-11-7-4-8-12-33;2*1-2/h3-25H,1-2H3;2*1-2H3. The molecule has 0 aliphatic heterocycles. The zero-order valence-corrected chi connectivity index (χ0v) is 24.6. The summed E-state index contributed by atoms with van der Waals surface area (Å²) < 4.78 is 0. The molecule has 0 saturated heterocycles. The number of anilines is 5. The monoisotopic (exact) mass is 527 g/mol. The first-order valence-corrected chi connectivity index (χ1v) is 14.2. The molecule has 3 heteroatoms. The molecule has 0 amide bonds. The highest BCUT2D eigenvalue weighted by molar-refractivity contribution is 5.84. The maximum atomic E-state index is 4.84. The molecule has 0 aliphatic carbocycles. The van der Waals surface area contributed by atoms with Crippen LogP contribution in [0.1, 0.15) is 44.4 Å². The highest BCUT2D eigenvalue weighted by Gasteiger charge is 2.12. The van der Waals surface area contributed by atoms with E-state index in [4.69, 9.17) is 5.10 Å². The van der Waals surface area contributed by atoms with Crippen LogP contribution in [0.4, 0.5) is 28.4 Å². The zero-order chi connectivity index (χ0) is 28.7. The van der Waals surface area contributed by atoms with Crippen LogP contribution in [-0.4, -0.2) is 6.21 Å². The van der Waals surface area contributed by atoms with Gasteiger partial charge in [0.2, 0.25) is 0 Å². The molecule has 5 aromatic rings. The maximum Gasteiger partial charge on any atom is 0.0652 e. The highest BCUT2D eigenvalue weighted by atomic mass is 15.5. The lowest BCUT2D eigenvalue weighted by atomic mass is 10.1. The van der Waals surface area contributed by atoms with E-state index in [-0.39, 0.29) is 0 Å². The zero-order valence-electron chi connectivity index (χ0n) is 24.6. The van der Waals surface area contributed by atoms with Crippen LogP contribution in [0.15, 0.2) is 139 Å². The van der Waals surface area contributed by atoms with Crippen molar-refractivity contribution < 1.29 is 0 Å². The first-order chi connectivity index (χ1) is 19.7. The molecule has 5 aromatic carbocycles. The minimum atomic E-state index is 1.02. The van der Waals surface area contributed by atoms with Gasteiger partial charge in [-0.25, -0.2) is 5.01 Å². The number of hydrogen-bond acceptors (Lipinski definition) is 3. The lowest BCUT2D eigenvalue weighted by Gasteiger charge is -2.26. The van der Waals surface area contributed by atoms with Gasteiger partial charge in [0.1, 0.15) is 0 Å². The average molecular weight is 528 g/mol. The molecule has 0 spiro atoms. The Labute approximate surface area is 241 Å². The molecule has 0 saturated carbocycles. The minimum absolute atomic E-state index is 1.02. The van der Waals surface area contributed by atoms with Gasteiger partial charge in [0, 0.05) is 17.1 Å². The summed E-state index contributed by atoms with van der Waals surface area (Å²) in [5, 5.41) is 6.80. The molecule has 0 N–H and O–H groups in total. The first-order valence-electron chi connectivity index (χ1n) is 14.2. The lowest BCUT2D eigenvalue weighted by molar-refractivity contribution is 1.09. The number of nitrogens with zero attached hydrogens (tertiary/aromatic N) is 3. The van der Waals surface area contributed by atoms with Crippen molar-refractivity contribution in [2.45, 2.75) is 41.5 Å². The summed E-state index contributed by atoms with van der Waals surface area (Å²) >= 11 is 0. The predicted molar refractivity (Wildman–Crippen MR) is 176 cm³/mol. The van der Waals surface area contributed by atoms with Gasteiger partial charge in [0.05, 0.1) is 17.6 Å². The van der Waals surface area contributed by atoms with E-state index in [2.05, 4.69) is 116 Å². The lowest BCUT2D eigenvalue weighted by Crippen LogP contribution is -2.10. The number of aryl methyl sites for hydroxylation is 2. The Morgan fingerprint density at radius 3 is 1.15 bits per heavy atom. The SMILES string of the molecule is CC.CC.Cc1ccc(N(c2ccc(C)cc2)c2ccc(C=NN(c3ccccc3)c3ccccc3)cc2)cc1. The Morgan fingerprint density at radius 1 is 0.425 bits per heavy atom. The Balaban J connectivity index is 0.00000106. The molecule has 0 bridgehead atoms. The number of hydrogen-bond donors (Lipinski definition) is 0. The predicted octanol–water partition coefficient (Wildman–Crippen LogP) is 11.0. The fourth-order valence-corrected chi connectivity index (χ4v) is 4.09. The van der Waals surface area contributed by atoms with E-state index in [0.29, 0.717) is 0 Å². The summed E-state index contributed by atoms with van der Waals surface area (Å²) in [4.78, 5) is 2.28. The van der Waals surface area contributed by atoms with Gasteiger partial charge < -0.3 is 4.90 Å². The molecule has 0 aromatic heterocycles. The summed E-state index contributed by atoms with van der Waals surface area (Å²) in [5.74, 6) is 0. The third kappa shape index (κ3) is 7.94. The van der Waals surface area contributed by atoms with Gasteiger partial charge in [-0.3, -0.25) is 0 Å². The largest absolute Gasteiger partial charge is 0.311 e. The maximum absolute atomic E-state index is 4.84. The van der Waals surface area contributed by atoms with Crippen molar-refractivity contribution in [3.05, 3.63) is 150 Å². The smallest absolute Gasteiger partial charge is 0.0652 e. The number of para-hydroxylation sites is 2. The fourth-order valence-electron chi connectivity index (χ4n) is 4.09. The van der Waals surface area contributed by atoms with Crippen molar-refractivity contribution in [2.75, 3.05) is 9.91 Å². The van der Waals surface area contributed by atoms with Crippen molar-refractivity contribution in [1.29, 1.82) is 0 Å². The molecular weight excluding hydrogens is 486 g/mol. The minimum Gasteiger partial charge on any atom is -0.311 e. The van der Waals surface area contributed by atoms with Crippen molar-refractivity contribution in [2.24, 2.45) is 5.10 Å². The Morgan fingerprint density at radius 2 is 0.775 bits per heavy atom. The van der Waals surface area contributed by atoms with Crippen LogP contribution in [0.2, 0.25) is 0 Å². The molecule has 0 radical (unpaired) electrons. The van der Waals surface area contributed by atoms with Crippen LogP contribution in [-0.2, 0) is 0 Å². The molecular formula is C37H41N3. The van der Waals surface area contributed by atoms with Crippen molar-refractivity contribution in [3.8, 4) is 0 Å². The molecule has 0 atom stereocenters. The van der Waals surface area contributed by atoms with Gasteiger partial charge in [-0.05, 0) is 80.1 Å². The summed E-state index contributed by atoms with van der Waals surface area (Å²) in [6, 6.07) is 46.2. The fraction of sp³-hybridized carbons (Fsp3) is 0.162. The van der Waals surface area contributed by atoms with E-state index in [0.717, 1.165) is 34.0 Å². The summed E-state index contributed by atoms with van der Waals surface area (Å²) in [6.45, 7) is 12.2. The number of hydrazone groups is 1. The van der Waals surface area contributed by atoms with Crippen LogP contribution in [0.25, 0.3) is 0 Å². The van der Waals surface area contributed by atoms with Gasteiger partial charge in [0.15, 0.2) is 0 Å². The second-order valence-corrected chi connectivity index (χ2v) is 8.83. The van der Waals surface area contributed by atoms with Gasteiger partial charge in [-0.2, -0.15) is 5.10 Å². The number of rotatable bonds is 7. The van der Waals surface area contributed by atoms with Crippen LogP contribution in [0.5, 0.6) is 0 Å². The third-order valence-electron chi connectivity index (χ3n) is 6.06. The molecule has 0 unspecified atom stereocenters. The molecule has 0 aliphatic rings. The summed E-state index contributed by atoms with van der Waals surface area (Å²) in [6.07, 6.45) is 1.91. The van der Waals surface area contributed by atoms with E-state index in [1.54, 1.807) is 0 Å². The number of benzene rings is 5. The Hall–Kier alpha value is -4.63. The topological polar surface area (TPSA) is 18.8 Å². The van der Waals surface area contributed by atoms with E-state index in [1.807, 2.05) is 75.3 Å². The Bertz CT molecular complexity index is 1320. The normalized spacial score (nSPS) is 10.2. The van der Waals surface area contributed by atoms with Gasteiger partial charge in [-0.1, -0.05) is 112 Å². The van der Waals surface area contributed by atoms with Gasteiger partial charge in [0.25, 0.3) is 0 Å². The van der Waals surface area contributed by atoms with E-state index < -0.39 is 0 Å². The van der Waals surface area contributed by atoms with Crippen LogP contribution in [0.3, 0.4) is 0 Å². The average Bonchev–Trinajstić information content (AvgIpc) is 3.03. The quantitative estimate of drug-likeness (QED) is 0.155. The summed E-state index contributed by atoms with van der Waals surface area (Å²) in [7, 11) is 0. The second-order valence-electron chi connectivity index (χ2n) is 8.83. The van der Waals surface area contributed by atoms with E-state index in [9.17, 15) is 0 Å².